The number of nitrogens with one attached hydrogen (secondary N) is 2. The van der Waals surface area contributed by atoms with Gasteiger partial charge in [0.05, 0.1) is 0 Å². The average Bonchev–Trinajstić information content (AvgIpc) is 2.14. The zero-order valence-electron chi connectivity index (χ0n) is 9.26. The first-order chi connectivity index (χ1) is 6.91. The largest absolute Gasteiger partial charge is 0.351 e. The first kappa shape index (κ1) is 11.5. The summed E-state index contributed by atoms with van der Waals surface area (Å²) in [5.74, 6) is -0.0641. The van der Waals surface area contributed by atoms with Crippen molar-refractivity contribution in [3.63, 3.8) is 0 Å². The number of hydrogen-bond acceptors (Lipinski definition) is 2. The Kier molecular flexibility index (Phi) is 3.29. The molecule has 1 aromatic rings. The predicted octanol–water partition coefficient (Wildman–Crippen LogP) is 1.04. The molecule has 0 unspecified atom stereocenters. The van der Waals surface area contributed by atoms with Crippen LogP contribution in [0.2, 0.25) is 0 Å². The van der Waals surface area contributed by atoms with Crippen LogP contribution >= 0.6 is 0 Å². The van der Waals surface area contributed by atoms with Gasteiger partial charge in [-0.2, -0.15) is 0 Å². The number of pyridine rings is 1. The Balaban J connectivity index is 2.63. The summed E-state index contributed by atoms with van der Waals surface area (Å²) in [5, 5.41) is 2.72. The lowest BCUT2D eigenvalue weighted by Crippen LogP contribution is -2.35. The SMILES string of the molecule is CC(C)(C)C(=O)NCc1ccc[nH]c1=O. The number of rotatable bonds is 2. The van der Waals surface area contributed by atoms with Crippen molar-refractivity contribution >= 4 is 5.91 Å². The topological polar surface area (TPSA) is 62.0 Å². The zero-order chi connectivity index (χ0) is 11.5. The highest BCUT2D eigenvalue weighted by Gasteiger charge is 2.20. The van der Waals surface area contributed by atoms with Crippen molar-refractivity contribution in [2.24, 2.45) is 5.41 Å². The van der Waals surface area contributed by atoms with E-state index in [9.17, 15) is 9.59 Å². The van der Waals surface area contributed by atoms with Crippen molar-refractivity contribution < 1.29 is 4.79 Å². The molecule has 0 radical (unpaired) electrons. The van der Waals surface area contributed by atoms with Crippen LogP contribution in [-0.2, 0) is 11.3 Å². The van der Waals surface area contributed by atoms with Crippen LogP contribution in [0.4, 0.5) is 0 Å². The first-order valence-electron chi connectivity index (χ1n) is 4.86. The van der Waals surface area contributed by atoms with E-state index in [0.717, 1.165) is 0 Å². The van der Waals surface area contributed by atoms with Crippen LogP contribution < -0.4 is 10.9 Å². The molecule has 2 N–H and O–H groups in total. The number of hydrogen-bond donors (Lipinski definition) is 2. The van der Waals surface area contributed by atoms with E-state index < -0.39 is 5.41 Å². The van der Waals surface area contributed by atoms with Crippen LogP contribution in [0, 0.1) is 5.41 Å². The second-order valence-corrected chi connectivity index (χ2v) is 4.46. The molecule has 0 fully saturated rings. The maximum Gasteiger partial charge on any atom is 0.252 e. The van der Waals surface area contributed by atoms with E-state index in [1.165, 1.54) is 0 Å². The van der Waals surface area contributed by atoms with Crippen molar-refractivity contribution in [3.05, 3.63) is 34.2 Å². The normalized spacial score (nSPS) is 11.1. The second kappa shape index (κ2) is 4.29. The van der Waals surface area contributed by atoms with Crippen LogP contribution in [0.15, 0.2) is 23.1 Å². The molecule has 0 aliphatic carbocycles. The molecule has 1 aromatic heterocycles. The number of aromatic amines is 1. The van der Waals surface area contributed by atoms with E-state index >= 15 is 0 Å². The van der Waals surface area contributed by atoms with Gasteiger partial charge in [0.25, 0.3) is 5.56 Å². The number of amides is 1. The molecule has 0 bridgehead atoms. The summed E-state index contributed by atoms with van der Waals surface area (Å²) in [5.41, 5.74) is -0.0246. The third-order valence-electron chi connectivity index (χ3n) is 2.02. The highest BCUT2D eigenvalue weighted by molar-refractivity contribution is 5.81. The molecule has 0 saturated carbocycles. The Bertz CT molecular complexity index is 402. The summed E-state index contributed by atoms with van der Waals surface area (Å²) in [6.45, 7) is 5.76. The lowest BCUT2D eigenvalue weighted by molar-refractivity contribution is -0.128. The van der Waals surface area contributed by atoms with Crippen LogP contribution in [-0.4, -0.2) is 10.9 Å². The average molecular weight is 208 g/mol. The van der Waals surface area contributed by atoms with Crippen molar-refractivity contribution in [1.82, 2.24) is 10.3 Å². The van der Waals surface area contributed by atoms with Gasteiger partial charge in [0.2, 0.25) is 5.91 Å². The minimum Gasteiger partial charge on any atom is -0.351 e. The first-order valence-corrected chi connectivity index (χ1v) is 4.86. The van der Waals surface area contributed by atoms with Crippen molar-refractivity contribution in [3.8, 4) is 0 Å². The maximum absolute atomic E-state index is 11.5. The molecule has 82 valence electrons. The Morgan fingerprint density at radius 1 is 1.47 bits per heavy atom. The third-order valence-corrected chi connectivity index (χ3v) is 2.02. The van der Waals surface area contributed by atoms with Crippen molar-refractivity contribution in [2.75, 3.05) is 0 Å². The van der Waals surface area contributed by atoms with Gasteiger partial charge in [-0.15, -0.1) is 0 Å². The van der Waals surface area contributed by atoms with E-state index in [0.29, 0.717) is 5.56 Å². The molecule has 1 rings (SSSR count). The fraction of sp³-hybridized carbons (Fsp3) is 0.455. The van der Waals surface area contributed by atoms with E-state index in [4.69, 9.17) is 0 Å². The fourth-order valence-corrected chi connectivity index (χ4v) is 1.04. The molecule has 4 heteroatoms. The van der Waals surface area contributed by atoms with Gasteiger partial charge in [0.1, 0.15) is 0 Å². The molecule has 1 heterocycles. The molecular weight excluding hydrogens is 192 g/mol. The van der Waals surface area contributed by atoms with Crippen LogP contribution in [0.25, 0.3) is 0 Å². The van der Waals surface area contributed by atoms with Gasteiger partial charge in [-0.3, -0.25) is 9.59 Å². The van der Waals surface area contributed by atoms with Gasteiger partial charge >= 0.3 is 0 Å². The van der Waals surface area contributed by atoms with Gasteiger partial charge in [-0.25, -0.2) is 0 Å². The molecule has 15 heavy (non-hydrogen) atoms. The molecule has 0 saturated heterocycles. The molecule has 0 atom stereocenters. The van der Waals surface area contributed by atoms with Crippen LogP contribution in [0.1, 0.15) is 26.3 Å². The quantitative estimate of drug-likeness (QED) is 0.762. The number of aromatic nitrogens is 1. The minimum atomic E-state index is -0.429. The highest BCUT2D eigenvalue weighted by Crippen LogP contribution is 2.12. The van der Waals surface area contributed by atoms with Gasteiger partial charge in [0, 0.05) is 23.7 Å². The summed E-state index contributed by atoms with van der Waals surface area (Å²) in [7, 11) is 0. The minimum absolute atomic E-state index is 0.0641. The van der Waals surface area contributed by atoms with Gasteiger partial charge < -0.3 is 10.3 Å². The summed E-state index contributed by atoms with van der Waals surface area (Å²) in [4.78, 5) is 25.4. The third kappa shape index (κ3) is 3.23. The molecule has 4 nitrogen and oxygen atoms in total. The van der Waals surface area contributed by atoms with E-state index in [-0.39, 0.29) is 18.0 Å². The monoisotopic (exact) mass is 208 g/mol. The molecule has 0 spiro atoms. The number of H-pyrrole nitrogens is 1. The summed E-state index contributed by atoms with van der Waals surface area (Å²) >= 11 is 0. The lowest BCUT2D eigenvalue weighted by atomic mass is 9.96. The zero-order valence-corrected chi connectivity index (χ0v) is 9.26. The van der Waals surface area contributed by atoms with E-state index in [1.807, 2.05) is 20.8 Å². The molecular formula is C11H16N2O2. The van der Waals surface area contributed by atoms with Crippen molar-refractivity contribution in [1.29, 1.82) is 0 Å². The predicted molar refractivity (Wildman–Crippen MR) is 58.4 cm³/mol. The standard InChI is InChI=1S/C11H16N2O2/c1-11(2,3)10(15)13-7-8-5-4-6-12-9(8)14/h4-6H,7H2,1-3H3,(H,12,14)(H,13,15). The number of carbonyl (C=O) groups excluding carboxylic acids is 1. The van der Waals surface area contributed by atoms with Gasteiger partial charge in [0.15, 0.2) is 0 Å². The van der Waals surface area contributed by atoms with Gasteiger partial charge in [-0.05, 0) is 6.07 Å². The van der Waals surface area contributed by atoms with E-state index in [1.54, 1.807) is 18.3 Å². The van der Waals surface area contributed by atoms with Gasteiger partial charge in [-0.1, -0.05) is 26.8 Å². The smallest absolute Gasteiger partial charge is 0.252 e. The molecule has 1 amide bonds. The lowest BCUT2D eigenvalue weighted by Gasteiger charge is -2.17. The van der Waals surface area contributed by atoms with Crippen LogP contribution in [0.5, 0.6) is 0 Å². The van der Waals surface area contributed by atoms with Crippen LogP contribution in [0.3, 0.4) is 0 Å². The molecule has 0 aliphatic heterocycles. The Morgan fingerprint density at radius 3 is 2.67 bits per heavy atom. The van der Waals surface area contributed by atoms with E-state index in [2.05, 4.69) is 10.3 Å². The summed E-state index contributed by atoms with van der Waals surface area (Å²) in [6.07, 6.45) is 1.57. The molecule has 0 aliphatic rings. The maximum atomic E-state index is 11.5. The Labute approximate surface area is 88.7 Å². The Hall–Kier alpha value is -1.58. The molecule has 0 aromatic carbocycles. The van der Waals surface area contributed by atoms with Crippen molar-refractivity contribution in [2.45, 2.75) is 27.3 Å². The number of carbonyl (C=O) groups is 1. The highest BCUT2D eigenvalue weighted by atomic mass is 16.2. The summed E-state index contributed by atoms with van der Waals surface area (Å²) in [6, 6.07) is 3.43. The second-order valence-electron chi connectivity index (χ2n) is 4.46. The Morgan fingerprint density at radius 2 is 2.13 bits per heavy atom. The summed E-state index contributed by atoms with van der Waals surface area (Å²) < 4.78 is 0. The fourth-order valence-electron chi connectivity index (χ4n) is 1.04.